The molecule has 1 N–H and O–H groups in total. The summed E-state index contributed by atoms with van der Waals surface area (Å²) in [6.45, 7) is 6.01. The highest BCUT2D eigenvalue weighted by molar-refractivity contribution is 6.36. The van der Waals surface area contributed by atoms with E-state index >= 15 is 0 Å². The molecule has 0 saturated heterocycles. The van der Waals surface area contributed by atoms with Gasteiger partial charge in [-0.05, 0) is 13.3 Å². The average molecular weight is 368 g/mol. The van der Waals surface area contributed by atoms with E-state index in [0.717, 1.165) is 12.8 Å². The largest absolute Gasteiger partial charge is 0.479 e. The van der Waals surface area contributed by atoms with Crippen LogP contribution in [0.5, 0.6) is 5.88 Å². The van der Waals surface area contributed by atoms with Gasteiger partial charge in [0.25, 0.3) is 0 Å². The van der Waals surface area contributed by atoms with Crippen LogP contribution in [0.15, 0.2) is 0 Å². The highest BCUT2D eigenvalue weighted by Crippen LogP contribution is 2.38. The predicted octanol–water partition coefficient (Wildman–Crippen LogP) is 4.30. The topological polar surface area (TPSA) is 68.7 Å². The number of carboxylic acid groups (broad SMARTS) is 1. The normalized spacial score (nSPS) is 13.7. The van der Waals surface area contributed by atoms with Crippen LogP contribution in [0.4, 0.5) is 4.39 Å². The number of pyridine rings is 1. The van der Waals surface area contributed by atoms with Crippen LogP contribution in [0, 0.1) is 5.95 Å². The number of halogens is 3. The highest BCUT2D eigenvalue weighted by Gasteiger charge is 2.25. The minimum absolute atomic E-state index is 0.00362. The zero-order valence-electron chi connectivity index (χ0n) is 13.2. The Morgan fingerprint density at radius 2 is 2.00 bits per heavy atom. The summed E-state index contributed by atoms with van der Waals surface area (Å²) in [4.78, 5) is 14.3. The summed E-state index contributed by atoms with van der Waals surface area (Å²) in [5, 5.41) is 8.65. The molecule has 5 nitrogen and oxygen atoms in total. The molecular formula is C15H20Cl2FNO4. The van der Waals surface area contributed by atoms with Crippen LogP contribution in [0.3, 0.4) is 0 Å². The second kappa shape index (κ2) is 9.25. The number of ether oxygens (including phenoxy) is 2. The van der Waals surface area contributed by atoms with E-state index in [4.69, 9.17) is 37.8 Å². The van der Waals surface area contributed by atoms with Crippen LogP contribution in [0.25, 0.3) is 0 Å². The van der Waals surface area contributed by atoms with Crippen molar-refractivity contribution in [2.75, 3.05) is 13.2 Å². The van der Waals surface area contributed by atoms with Crippen molar-refractivity contribution in [3.8, 4) is 5.88 Å². The van der Waals surface area contributed by atoms with Crippen LogP contribution in [0.1, 0.15) is 45.1 Å². The first-order valence-corrected chi connectivity index (χ1v) is 8.06. The van der Waals surface area contributed by atoms with Gasteiger partial charge < -0.3 is 14.6 Å². The van der Waals surface area contributed by atoms with E-state index in [2.05, 4.69) is 4.98 Å². The molecule has 0 fully saturated rings. The number of unbranched alkanes of at least 4 members (excludes halogenated alkanes) is 1. The van der Waals surface area contributed by atoms with Crippen molar-refractivity contribution in [3.63, 3.8) is 0 Å². The van der Waals surface area contributed by atoms with E-state index in [1.807, 2.05) is 6.92 Å². The summed E-state index contributed by atoms with van der Waals surface area (Å²) in [6.07, 6.45) is 0.707. The Morgan fingerprint density at radius 3 is 2.57 bits per heavy atom. The lowest BCUT2D eigenvalue weighted by Gasteiger charge is -2.19. The summed E-state index contributed by atoms with van der Waals surface area (Å²) in [5.74, 6) is -2.76. The summed E-state index contributed by atoms with van der Waals surface area (Å²) >= 11 is 12.1. The molecule has 0 radical (unpaired) electrons. The Bertz CT molecular complexity index is 557. The molecule has 0 aliphatic rings. The maximum absolute atomic E-state index is 13.9. The van der Waals surface area contributed by atoms with Crippen molar-refractivity contribution < 1.29 is 23.8 Å². The van der Waals surface area contributed by atoms with Gasteiger partial charge in [0.15, 0.2) is 6.10 Å². The van der Waals surface area contributed by atoms with Gasteiger partial charge in [-0.1, -0.05) is 43.5 Å². The number of aliphatic carboxylic acids is 1. The van der Waals surface area contributed by atoms with Gasteiger partial charge in [-0.3, -0.25) is 0 Å². The third-order valence-electron chi connectivity index (χ3n) is 3.18. The monoisotopic (exact) mass is 367 g/mol. The number of carbonyl (C=O) groups is 1. The number of nitrogens with zero attached hydrogens (tertiary/aromatic N) is 1. The van der Waals surface area contributed by atoms with Crippen molar-refractivity contribution in [1.82, 2.24) is 4.98 Å². The average Bonchev–Trinajstić information content (AvgIpc) is 2.49. The second-order valence-electron chi connectivity index (χ2n) is 5.18. The zero-order chi connectivity index (χ0) is 17.6. The first-order valence-electron chi connectivity index (χ1n) is 7.31. The molecule has 8 heteroatoms. The van der Waals surface area contributed by atoms with Crippen molar-refractivity contribution in [1.29, 1.82) is 0 Å². The van der Waals surface area contributed by atoms with Gasteiger partial charge >= 0.3 is 5.97 Å². The SMILES string of the molecule is CCCCOCC(C)c1c(Cl)c(F)nc(OC(C)C(=O)O)c1Cl. The fraction of sp³-hybridized carbons (Fsp3) is 0.600. The third kappa shape index (κ3) is 5.48. The van der Waals surface area contributed by atoms with E-state index in [9.17, 15) is 9.18 Å². The summed E-state index contributed by atoms with van der Waals surface area (Å²) < 4.78 is 24.5. The Hall–Kier alpha value is -1.11. The molecule has 2 atom stereocenters. The Labute approximate surface area is 144 Å². The van der Waals surface area contributed by atoms with E-state index in [1.54, 1.807) is 6.92 Å². The standard InChI is InChI=1S/C15H20Cl2FNO4/c1-4-5-6-22-7-8(2)10-11(16)13(18)19-14(12(10)17)23-9(3)15(20)21/h8-9H,4-7H2,1-3H3,(H,20,21). The minimum Gasteiger partial charge on any atom is -0.479 e. The van der Waals surface area contributed by atoms with E-state index in [0.29, 0.717) is 18.8 Å². The second-order valence-corrected chi connectivity index (χ2v) is 5.93. The van der Waals surface area contributed by atoms with E-state index in [1.165, 1.54) is 6.92 Å². The molecule has 0 bridgehead atoms. The quantitative estimate of drug-likeness (QED) is 0.520. The molecule has 0 saturated carbocycles. The molecule has 2 unspecified atom stereocenters. The van der Waals surface area contributed by atoms with Gasteiger partial charge in [0.2, 0.25) is 11.8 Å². The number of hydrogen-bond acceptors (Lipinski definition) is 4. The molecule has 0 aliphatic heterocycles. The number of aromatic nitrogens is 1. The van der Waals surface area contributed by atoms with Crippen molar-refractivity contribution in [2.24, 2.45) is 0 Å². The third-order valence-corrected chi connectivity index (χ3v) is 3.91. The molecule has 0 aliphatic carbocycles. The summed E-state index contributed by atoms with van der Waals surface area (Å²) in [6, 6.07) is 0. The van der Waals surface area contributed by atoms with Crippen molar-refractivity contribution in [2.45, 2.75) is 45.6 Å². The lowest BCUT2D eigenvalue weighted by molar-refractivity contribution is -0.144. The molecule has 0 spiro atoms. The van der Waals surface area contributed by atoms with Gasteiger partial charge in [0.05, 0.1) is 6.61 Å². The van der Waals surface area contributed by atoms with Gasteiger partial charge in [0.1, 0.15) is 10.0 Å². The number of rotatable bonds is 9. The Morgan fingerprint density at radius 1 is 1.35 bits per heavy atom. The summed E-state index contributed by atoms with van der Waals surface area (Å²) in [7, 11) is 0. The molecular weight excluding hydrogens is 348 g/mol. The molecule has 1 heterocycles. The highest BCUT2D eigenvalue weighted by atomic mass is 35.5. The summed E-state index contributed by atoms with van der Waals surface area (Å²) in [5.41, 5.74) is 0.296. The van der Waals surface area contributed by atoms with Crippen LogP contribution in [-0.4, -0.2) is 35.4 Å². The molecule has 23 heavy (non-hydrogen) atoms. The van der Waals surface area contributed by atoms with Crippen molar-refractivity contribution >= 4 is 29.2 Å². The lowest BCUT2D eigenvalue weighted by atomic mass is 10.0. The van der Waals surface area contributed by atoms with Gasteiger partial charge in [-0.25, -0.2) is 4.79 Å². The lowest BCUT2D eigenvalue weighted by Crippen LogP contribution is -2.24. The van der Waals surface area contributed by atoms with Crippen LogP contribution in [0.2, 0.25) is 10.0 Å². The van der Waals surface area contributed by atoms with Crippen LogP contribution in [-0.2, 0) is 9.53 Å². The zero-order valence-corrected chi connectivity index (χ0v) is 14.7. The molecule has 1 rings (SSSR count). The molecule has 130 valence electrons. The maximum atomic E-state index is 13.9. The fourth-order valence-corrected chi connectivity index (χ4v) is 2.57. The van der Waals surface area contributed by atoms with Gasteiger partial charge in [-0.15, -0.1) is 0 Å². The number of hydrogen-bond donors (Lipinski definition) is 1. The molecule has 1 aromatic rings. The molecule has 1 aromatic heterocycles. The van der Waals surface area contributed by atoms with Gasteiger partial charge in [0, 0.05) is 18.1 Å². The smallest absolute Gasteiger partial charge is 0.344 e. The molecule has 0 aromatic carbocycles. The Balaban J connectivity index is 3.01. The van der Waals surface area contributed by atoms with Gasteiger partial charge in [-0.2, -0.15) is 9.37 Å². The number of carboxylic acids is 1. The first-order chi connectivity index (χ1) is 10.8. The maximum Gasteiger partial charge on any atom is 0.344 e. The van der Waals surface area contributed by atoms with E-state index < -0.39 is 18.0 Å². The first kappa shape index (κ1) is 19.9. The van der Waals surface area contributed by atoms with Crippen molar-refractivity contribution in [3.05, 3.63) is 21.6 Å². The van der Waals surface area contributed by atoms with Crippen LogP contribution >= 0.6 is 23.2 Å². The van der Waals surface area contributed by atoms with Crippen LogP contribution < -0.4 is 4.74 Å². The molecule has 0 amide bonds. The minimum atomic E-state index is -1.22. The fourth-order valence-electron chi connectivity index (χ4n) is 1.83. The Kier molecular flexibility index (Phi) is 8.02. The predicted molar refractivity (Wildman–Crippen MR) is 86.1 cm³/mol. The van der Waals surface area contributed by atoms with E-state index in [-0.39, 0.29) is 21.8 Å².